The first kappa shape index (κ1) is 12.1. The summed E-state index contributed by atoms with van der Waals surface area (Å²) < 4.78 is 48.6. The van der Waals surface area contributed by atoms with Crippen LogP contribution in [0.25, 0.3) is 0 Å². The third-order valence-corrected chi connectivity index (χ3v) is 0.954. The maximum atomic E-state index is 12.2. The lowest BCUT2D eigenvalue weighted by atomic mass is 10.3. The van der Waals surface area contributed by atoms with E-state index in [0.29, 0.717) is 0 Å². The molecule has 2 N–H and O–H groups in total. The van der Waals surface area contributed by atoms with Crippen LogP contribution in [0.15, 0.2) is 23.3 Å². The van der Waals surface area contributed by atoms with Crippen molar-refractivity contribution in [2.75, 3.05) is 0 Å². The lowest BCUT2D eigenvalue weighted by Crippen LogP contribution is -2.02. The average Bonchev–Trinajstić information content (AvgIpc) is 2.12. The predicted molar refractivity (Wildman–Crippen MR) is 33.8 cm³/mol. The van der Waals surface area contributed by atoms with Gasteiger partial charge in [-0.25, -0.2) is 18.4 Å². The monoisotopic (exact) mass is 214 g/mol. The van der Waals surface area contributed by atoms with Gasteiger partial charge in [0.05, 0.1) is 0 Å². The van der Waals surface area contributed by atoms with Crippen molar-refractivity contribution < 1.29 is 37.4 Å². The Hall–Kier alpha value is -1.86. The number of allylic oxidation sites excluding steroid dienone is 2. The van der Waals surface area contributed by atoms with Crippen LogP contribution >= 0.6 is 0 Å². The van der Waals surface area contributed by atoms with Gasteiger partial charge in [-0.05, 0) is 0 Å². The second kappa shape index (κ2) is 4.40. The highest BCUT2D eigenvalue weighted by atomic mass is 19.2. The molecule has 4 nitrogen and oxygen atoms in total. The molecule has 0 aliphatic carbocycles. The highest BCUT2D eigenvalue weighted by Crippen LogP contribution is 2.23. The summed E-state index contributed by atoms with van der Waals surface area (Å²) in [7, 11) is 0. The summed E-state index contributed by atoms with van der Waals surface area (Å²) in [5.74, 6) is -15.6. The lowest BCUT2D eigenvalue weighted by Gasteiger charge is -1.94. The Labute approximate surface area is 73.8 Å². The van der Waals surface area contributed by atoms with Crippen molar-refractivity contribution in [3.63, 3.8) is 0 Å². The van der Waals surface area contributed by atoms with Crippen LogP contribution in [-0.2, 0) is 9.59 Å². The van der Waals surface area contributed by atoms with E-state index in [0.717, 1.165) is 0 Å². The van der Waals surface area contributed by atoms with E-state index in [9.17, 15) is 27.2 Å². The fraction of sp³-hybridized carbons (Fsp3) is 0. The van der Waals surface area contributed by atoms with Crippen LogP contribution in [0.4, 0.5) is 17.6 Å². The molecule has 0 radical (unpaired) electrons. The number of carbonyl (C=O) groups is 2. The average molecular weight is 214 g/mol. The van der Waals surface area contributed by atoms with E-state index >= 15 is 0 Å². The first-order valence-electron chi connectivity index (χ1n) is 2.86. The van der Waals surface area contributed by atoms with Crippen molar-refractivity contribution in [3.8, 4) is 0 Å². The minimum Gasteiger partial charge on any atom is -0.476 e. The van der Waals surface area contributed by atoms with Gasteiger partial charge in [0, 0.05) is 0 Å². The smallest absolute Gasteiger partial charge is 0.367 e. The minimum atomic E-state index is -2.71. The Bertz CT molecular complexity index is 310. The molecular formula is C6H2F4O4. The Kier molecular flexibility index (Phi) is 3.81. The van der Waals surface area contributed by atoms with Gasteiger partial charge in [0.2, 0.25) is 23.3 Å². The topological polar surface area (TPSA) is 74.6 Å². The summed E-state index contributed by atoms with van der Waals surface area (Å²) >= 11 is 0. The summed E-state index contributed by atoms with van der Waals surface area (Å²) in [5.41, 5.74) is 0. The Morgan fingerprint density at radius 3 is 1.00 bits per heavy atom. The number of halogens is 4. The van der Waals surface area contributed by atoms with Gasteiger partial charge in [-0.1, -0.05) is 0 Å². The number of aliphatic carboxylic acids is 2. The Balaban J connectivity index is 5.35. The molecule has 14 heavy (non-hydrogen) atoms. The van der Waals surface area contributed by atoms with Crippen molar-refractivity contribution >= 4 is 11.9 Å². The van der Waals surface area contributed by atoms with Gasteiger partial charge < -0.3 is 10.2 Å². The highest BCUT2D eigenvalue weighted by molar-refractivity contribution is 5.88. The number of hydrogen-bond acceptors (Lipinski definition) is 2. The zero-order valence-corrected chi connectivity index (χ0v) is 6.22. The van der Waals surface area contributed by atoms with Gasteiger partial charge in [0.1, 0.15) is 0 Å². The number of hydrogen-bond donors (Lipinski definition) is 2. The first-order chi connectivity index (χ1) is 6.29. The van der Waals surface area contributed by atoms with Gasteiger partial charge in [-0.3, -0.25) is 0 Å². The van der Waals surface area contributed by atoms with Crippen molar-refractivity contribution in [3.05, 3.63) is 23.3 Å². The molecule has 0 aliphatic rings. The summed E-state index contributed by atoms with van der Waals surface area (Å²) in [6.07, 6.45) is 0. The van der Waals surface area contributed by atoms with E-state index in [2.05, 4.69) is 0 Å². The third kappa shape index (κ3) is 2.57. The predicted octanol–water partition coefficient (Wildman–Crippen LogP) is 1.46. The molecule has 0 amide bonds. The number of carboxylic acid groups (broad SMARTS) is 2. The van der Waals surface area contributed by atoms with E-state index in [1.54, 1.807) is 0 Å². The molecule has 0 saturated heterocycles. The Morgan fingerprint density at radius 2 is 0.857 bits per heavy atom. The molecule has 0 aliphatic heterocycles. The van der Waals surface area contributed by atoms with Gasteiger partial charge in [-0.2, -0.15) is 8.78 Å². The molecule has 0 aromatic rings. The molecule has 0 heterocycles. The van der Waals surface area contributed by atoms with E-state index < -0.39 is 35.2 Å². The van der Waals surface area contributed by atoms with Crippen LogP contribution in [0.5, 0.6) is 0 Å². The largest absolute Gasteiger partial charge is 0.476 e. The van der Waals surface area contributed by atoms with Gasteiger partial charge in [0.25, 0.3) is 0 Å². The highest BCUT2D eigenvalue weighted by Gasteiger charge is 2.24. The van der Waals surface area contributed by atoms with E-state index in [1.807, 2.05) is 0 Å². The van der Waals surface area contributed by atoms with Gasteiger partial charge in [0.15, 0.2) is 0 Å². The Morgan fingerprint density at radius 1 is 0.643 bits per heavy atom. The van der Waals surface area contributed by atoms with Crippen molar-refractivity contribution in [1.29, 1.82) is 0 Å². The van der Waals surface area contributed by atoms with E-state index in [-0.39, 0.29) is 0 Å². The van der Waals surface area contributed by atoms with Crippen molar-refractivity contribution in [1.82, 2.24) is 0 Å². The normalized spacial score (nSPS) is 14.3. The van der Waals surface area contributed by atoms with Crippen LogP contribution < -0.4 is 0 Å². The molecule has 0 spiro atoms. The molecule has 8 heteroatoms. The summed E-state index contributed by atoms with van der Waals surface area (Å²) in [5, 5.41) is 15.6. The summed E-state index contributed by atoms with van der Waals surface area (Å²) in [6.45, 7) is 0. The first-order valence-corrected chi connectivity index (χ1v) is 2.86. The maximum absolute atomic E-state index is 12.2. The van der Waals surface area contributed by atoms with Gasteiger partial charge >= 0.3 is 11.9 Å². The molecule has 78 valence electrons. The van der Waals surface area contributed by atoms with Crippen LogP contribution in [0, 0.1) is 0 Å². The molecule has 0 bridgehead atoms. The fourth-order valence-electron chi connectivity index (χ4n) is 0.380. The number of rotatable bonds is 3. The fourth-order valence-corrected chi connectivity index (χ4v) is 0.380. The second-order valence-electron chi connectivity index (χ2n) is 1.87. The van der Waals surface area contributed by atoms with Crippen LogP contribution in [0.1, 0.15) is 0 Å². The minimum absolute atomic E-state index is 2.48. The van der Waals surface area contributed by atoms with Crippen LogP contribution in [0.3, 0.4) is 0 Å². The third-order valence-electron chi connectivity index (χ3n) is 0.954. The molecule has 0 rings (SSSR count). The molecule has 0 aromatic heterocycles. The molecule has 0 unspecified atom stereocenters. The zero-order chi connectivity index (χ0) is 11.5. The van der Waals surface area contributed by atoms with E-state index in [1.165, 1.54) is 0 Å². The second-order valence-corrected chi connectivity index (χ2v) is 1.87. The van der Waals surface area contributed by atoms with Gasteiger partial charge in [-0.15, -0.1) is 0 Å². The summed E-state index contributed by atoms with van der Waals surface area (Å²) in [4.78, 5) is 19.4. The summed E-state index contributed by atoms with van der Waals surface area (Å²) in [6, 6.07) is 0. The standard InChI is InChI=1S/C6H2F4O4/c7-1(3(9)5(11)12)2(8)4(10)6(13)14/h(H,11,12)(H,13,14)/b3-1-,4-2-. The zero-order valence-electron chi connectivity index (χ0n) is 6.22. The van der Waals surface area contributed by atoms with E-state index in [4.69, 9.17) is 10.2 Å². The van der Waals surface area contributed by atoms with Crippen molar-refractivity contribution in [2.45, 2.75) is 0 Å². The lowest BCUT2D eigenvalue weighted by molar-refractivity contribution is -0.135. The maximum Gasteiger partial charge on any atom is 0.367 e. The van der Waals surface area contributed by atoms with Crippen molar-refractivity contribution in [2.24, 2.45) is 0 Å². The van der Waals surface area contributed by atoms with Crippen LogP contribution in [-0.4, -0.2) is 22.2 Å². The molecular weight excluding hydrogens is 212 g/mol. The number of carboxylic acids is 2. The quantitative estimate of drug-likeness (QED) is 0.423. The molecule has 0 atom stereocenters. The molecule has 0 saturated carbocycles. The molecule has 0 fully saturated rings. The molecule has 0 aromatic carbocycles. The van der Waals surface area contributed by atoms with Crippen LogP contribution in [0.2, 0.25) is 0 Å². The SMILES string of the molecule is O=C(O)/C(F)=C(F)\C(F)=C(\F)C(=O)O.